The van der Waals surface area contributed by atoms with E-state index in [4.69, 9.17) is 23.7 Å². The van der Waals surface area contributed by atoms with Gasteiger partial charge >= 0.3 is 11.9 Å². The van der Waals surface area contributed by atoms with Gasteiger partial charge in [-0.1, -0.05) is 30.7 Å². The Morgan fingerprint density at radius 3 is 2.58 bits per heavy atom. The van der Waals surface area contributed by atoms with Crippen molar-refractivity contribution in [2.24, 2.45) is 16.7 Å². The fraction of sp³-hybridized carbons (Fsp3) is 0.724. The molecular formula is C29H38O9. The lowest BCUT2D eigenvalue weighted by Crippen LogP contribution is -2.80. The topological polar surface area (TPSA) is 121 Å². The van der Waals surface area contributed by atoms with E-state index in [0.717, 1.165) is 5.57 Å². The van der Waals surface area contributed by atoms with E-state index in [2.05, 4.69) is 0 Å². The van der Waals surface area contributed by atoms with Crippen molar-refractivity contribution in [3.05, 3.63) is 36.0 Å². The van der Waals surface area contributed by atoms with Crippen LogP contribution in [-0.2, 0) is 33.3 Å². The number of aliphatic hydroxyl groups is 2. The molecule has 0 radical (unpaired) electrons. The molecule has 0 aromatic heterocycles. The molecule has 8 bridgehead atoms. The van der Waals surface area contributed by atoms with Crippen molar-refractivity contribution in [2.45, 2.75) is 108 Å². The number of carbonyl (C=O) groups excluding carboxylic acids is 2. The molecule has 0 amide bonds. The van der Waals surface area contributed by atoms with Gasteiger partial charge in [-0.15, -0.1) is 0 Å². The van der Waals surface area contributed by atoms with E-state index in [-0.39, 0.29) is 24.7 Å². The molecule has 6 fully saturated rings. The van der Waals surface area contributed by atoms with E-state index in [1.54, 1.807) is 19.1 Å². The van der Waals surface area contributed by atoms with Crippen molar-refractivity contribution in [3.63, 3.8) is 0 Å². The second kappa shape index (κ2) is 8.73. The Balaban J connectivity index is 1.38. The highest BCUT2D eigenvalue weighted by atomic mass is 16.7. The lowest BCUT2D eigenvalue weighted by Gasteiger charge is -2.71. The number of hydrogen-bond acceptors (Lipinski definition) is 9. The van der Waals surface area contributed by atoms with Crippen molar-refractivity contribution in [1.82, 2.24) is 0 Å². The zero-order chi connectivity index (χ0) is 27.1. The van der Waals surface area contributed by atoms with Gasteiger partial charge in [0.05, 0.1) is 23.9 Å². The van der Waals surface area contributed by atoms with E-state index in [1.165, 1.54) is 12.2 Å². The van der Waals surface area contributed by atoms with Crippen LogP contribution in [0.4, 0.5) is 0 Å². The summed E-state index contributed by atoms with van der Waals surface area (Å²) in [6.45, 7) is 7.47. The third-order valence-electron chi connectivity index (χ3n) is 10.5. The predicted octanol–water partition coefficient (Wildman–Crippen LogP) is 2.49. The third-order valence-corrected chi connectivity index (χ3v) is 10.5. The van der Waals surface area contributed by atoms with Crippen LogP contribution in [-0.4, -0.2) is 76.8 Å². The fourth-order valence-electron chi connectivity index (χ4n) is 8.29. The maximum Gasteiger partial charge on any atom is 0.331 e. The normalized spacial score (nSPS) is 52.2. The standard InChI is InChI=1S/C29H38O9/c1-16-11-23(31)34-15-28-10-9-26(3,32)18-14-29(33)21(38-25(18)28)13-20(27(28,29)4)37-22(30)8-6-5-7-19-17(2)35-24(12-16)36-19/h5-8,11,17-21,24-25,32-33H,9-10,12-15H2,1-4H3. The Morgan fingerprint density at radius 1 is 1.00 bits per heavy atom. The van der Waals surface area contributed by atoms with Crippen LogP contribution in [0.5, 0.6) is 0 Å². The average Bonchev–Trinajstić information content (AvgIpc) is 3.25. The first-order valence-electron chi connectivity index (χ1n) is 13.7. The number of rotatable bonds is 0. The summed E-state index contributed by atoms with van der Waals surface area (Å²) >= 11 is 0. The van der Waals surface area contributed by atoms with Crippen LogP contribution in [0.2, 0.25) is 0 Å². The number of carbonyl (C=O) groups is 2. The molecule has 7 aliphatic rings. The maximum atomic E-state index is 13.0. The van der Waals surface area contributed by atoms with Crippen molar-refractivity contribution in [2.75, 3.05) is 6.61 Å². The van der Waals surface area contributed by atoms with Crippen LogP contribution >= 0.6 is 0 Å². The lowest BCUT2D eigenvalue weighted by molar-refractivity contribution is -0.377. The van der Waals surface area contributed by atoms with Gasteiger partial charge in [0.1, 0.15) is 24.4 Å². The third kappa shape index (κ3) is 3.62. The van der Waals surface area contributed by atoms with Crippen LogP contribution in [0.3, 0.4) is 0 Å². The highest BCUT2D eigenvalue weighted by Crippen LogP contribution is 2.74. The molecule has 3 aliphatic carbocycles. The Hall–Kier alpha value is -2.04. The van der Waals surface area contributed by atoms with Gasteiger partial charge < -0.3 is 33.9 Å². The van der Waals surface area contributed by atoms with Crippen molar-refractivity contribution in [3.8, 4) is 0 Å². The van der Waals surface area contributed by atoms with Crippen LogP contribution in [0.15, 0.2) is 36.0 Å². The van der Waals surface area contributed by atoms with E-state index in [0.29, 0.717) is 32.1 Å². The summed E-state index contributed by atoms with van der Waals surface area (Å²) in [6, 6.07) is 0. The van der Waals surface area contributed by atoms with Gasteiger partial charge in [-0.05, 0) is 40.0 Å². The number of ether oxygens (including phenoxy) is 5. The smallest absolute Gasteiger partial charge is 0.331 e. The summed E-state index contributed by atoms with van der Waals surface area (Å²) in [5.74, 6) is -1.35. The Labute approximate surface area is 222 Å². The molecule has 1 spiro atoms. The lowest BCUT2D eigenvalue weighted by atomic mass is 9.40. The first kappa shape index (κ1) is 26.2. The predicted molar refractivity (Wildman–Crippen MR) is 133 cm³/mol. The van der Waals surface area contributed by atoms with Crippen LogP contribution in [0.1, 0.15) is 59.8 Å². The van der Waals surface area contributed by atoms with Gasteiger partial charge in [0, 0.05) is 41.7 Å². The molecule has 3 saturated heterocycles. The van der Waals surface area contributed by atoms with Crippen molar-refractivity contribution in [1.29, 1.82) is 0 Å². The Morgan fingerprint density at radius 2 is 1.79 bits per heavy atom. The van der Waals surface area contributed by atoms with Crippen molar-refractivity contribution >= 4 is 11.9 Å². The van der Waals surface area contributed by atoms with Gasteiger partial charge in [-0.2, -0.15) is 0 Å². The number of esters is 2. The first-order valence-corrected chi connectivity index (χ1v) is 13.7. The minimum absolute atomic E-state index is 0.0133. The monoisotopic (exact) mass is 530 g/mol. The van der Waals surface area contributed by atoms with Crippen molar-refractivity contribution < 1.29 is 43.5 Å². The average molecular weight is 531 g/mol. The highest BCUT2D eigenvalue weighted by molar-refractivity contribution is 5.83. The molecule has 4 heterocycles. The molecule has 9 nitrogen and oxygen atoms in total. The van der Waals surface area contributed by atoms with Gasteiger partial charge in [-0.3, -0.25) is 0 Å². The molecule has 38 heavy (non-hydrogen) atoms. The zero-order valence-electron chi connectivity index (χ0n) is 22.4. The molecular weight excluding hydrogens is 492 g/mol. The molecule has 11 atom stereocenters. The molecule has 0 aromatic carbocycles. The highest BCUT2D eigenvalue weighted by Gasteiger charge is 2.83. The molecule has 3 saturated carbocycles. The molecule has 208 valence electrons. The fourth-order valence-corrected chi connectivity index (χ4v) is 8.29. The van der Waals surface area contributed by atoms with Gasteiger partial charge in [0.25, 0.3) is 0 Å². The van der Waals surface area contributed by atoms with E-state index in [9.17, 15) is 19.8 Å². The van der Waals surface area contributed by atoms with Crippen LogP contribution in [0, 0.1) is 16.7 Å². The van der Waals surface area contributed by atoms with E-state index < -0.39 is 58.6 Å². The number of cyclic esters (lactones) is 1. The largest absolute Gasteiger partial charge is 0.462 e. The zero-order valence-corrected chi connectivity index (χ0v) is 22.4. The number of allylic oxidation sites excluding steroid dienone is 2. The van der Waals surface area contributed by atoms with Crippen LogP contribution < -0.4 is 0 Å². The second-order valence-electron chi connectivity index (χ2n) is 12.6. The number of fused-ring (bicyclic) bond motifs is 2. The minimum Gasteiger partial charge on any atom is -0.462 e. The summed E-state index contributed by atoms with van der Waals surface area (Å²) in [4.78, 5) is 25.9. The van der Waals surface area contributed by atoms with Gasteiger partial charge in [-0.25, -0.2) is 9.59 Å². The SMILES string of the molecule is CC1=CC(=O)OCC23CCC(C)(O)C4CC5(O)C(CC(OC(=O)C=CC=CC6OC(C1)OC6C)C52C)OC43. The molecule has 4 aliphatic heterocycles. The summed E-state index contributed by atoms with van der Waals surface area (Å²) < 4.78 is 30.2. The van der Waals surface area contributed by atoms with Gasteiger partial charge in [0.15, 0.2) is 6.29 Å². The summed E-state index contributed by atoms with van der Waals surface area (Å²) in [6.07, 6.45) is 7.42. The quantitative estimate of drug-likeness (QED) is 0.455. The molecule has 11 unspecified atom stereocenters. The molecule has 0 aromatic rings. The summed E-state index contributed by atoms with van der Waals surface area (Å²) in [5.41, 5.74) is -3.36. The molecule has 7 rings (SSSR count). The summed E-state index contributed by atoms with van der Waals surface area (Å²) in [7, 11) is 0. The van der Waals surface area contributed by atoms with Crippen LogP contribution in [0.25, 0.3) is 0 Å². The Kier molecular flexibility index (Phi) is 6.02. The minimum atomic E-state index is -1.34. The maximum absolute atomic E-state index is 13.0. The molecule has 9 heteroatoms. The molecule has 2 N–H and O–H groups in total. The van der Waals surface area contributed by atoms with E-state index >= 15 is 0 Å². The second-order valence-corrected chi connectivity index (χ2v) is 12.6. The van der Waals surface area contributed by atoms with E-state index in [1.807, 2.05) is 26.8 Å². The first-order chi connectivity index (χ1) is 17.9. The number of hydrogen-bond donors (Lipinski definition) is 2. The Bertz CT molecular complexity index is 1110. The van der Waals surface area contributed by atoms with Gasteiger partial charge in [0.2, 0.25) is 0 Å². The summed E-state index contributed by atoms with van der Waals surface area (Å²) in [5, 5.41) is 23.5.